The van der Waals surface area contributed by atoms with Crippen LogP contribution >= 0.6 is 0 Å². The molecule has 36 radical (unpaired) electrons. The Morgan fingerprint density at radius 1 is 0.111 bits per heavy atom. The third-order valence-electron chi connectivity index (χ3n) is 0. The first-order valence-electron chi connectivity index (χ1n) is 0. The molecule has 0 saturated heterocycles. The van der Waals surface area contributed by atoms with E-state index in [1.54, 1.807) is 0 Å². The van der Waals surface area contributed by atoms with Gasteiger partial charge in [-0.05, 0) is 0 Å². The number of hydrogen-bond acceptors (Lipinski definition) is 0. The first-order chi connectivity index (χ1) is 0. The summed E-state index contributed by atoms with van der Waals surface area (Å²) in [7, 11) is 0. The van der Waals surface area contributed by atoms with Crippen molar-refractivity contribution in [2.75, 3.05) is 0 Å². The van der Waals surface area contributed by atoms with Gasteiger partial charge in [0.05, 0.1) is 0 Å². The summed E-state index contributed by atoms with van der Waals surface area (Å²) < 4.78 is 0. The van der Waals surface area contributed by atoms with E-state index >= 15 is 0 Å². The van der Waals surface area contributed by atoms with Gasteiger partial charge in [0.15, 0.2) is 0 Å². The normalized spacial score (nSPS) is 0. The Kier molecular flexibility index (Phi) is 411. The van der Waals surface area contributed by atoms with Crippen LogP contribution in [0.1, 0.15) is 0 Å². The Morgan fingerprint density at radius 2 is 0.111 bits per heavy atom. The summed E-state index contributed by atoms with van der Waals surface area (Å²) in [5, 5.41) is 0. The van der Waals surface area contributed by atoms with E-state index in [1.165, 1.54) is 0 Å². The molecule has 9 heavy (non-hydrogen) atoms. The fraction of sp³-hybridized carbons (Fsp3) is 0. The molecule has 0 rings (SSSR count). The van der Waals surface area contributed by atoms with Gasteiger partial charge in [-0.1, -0.05) is 0 Å². The molecule has 9 heteroatoms. The molecule has 0 heterocycles. The van der Waals surface area contributed by atoms with E-state index in [-0.39, 0.29) is 246 Å². The molecular formula is Pb9. The van der Waals surface area contributed by atoms with Crippen LogP contribution in [0.5, 0.6) is 0 Å². The molecule has 0 atom stereocenters. The monoisotopic (exact) mass is 1870 g/mol. The summed E-state index contributed by atoms with van der Waals surface area (Å²) in [6.07, 6.45) is 0. The Bertz CT molecular complexity index is 0. The molecule has 0 aliphatic heterocycles. The predicted molar refractivity (Wildman–Crippen MR) is 51.8 cm³/mol. The minimum absolute atomic E-state index is 0. The summed E-state index contributed by atoms with van der Waals surface area (Å²) in [5.74, 6) is 0. The maximum absolute atomic E-state index is 0. The van der Waals surface area contributed by atoms with Crippen LogP contribution in [0.3, 0.4) is 0 Å². The average molecular weight is 1860 g/mol. The van der Waals surface area contributed by atoms with Crippen LogP contribution in [0.4, 0.5) is 0 Å². The first kappa shape index (κ1) is 66.7. The molecule has 0 aliphatic carbocycles. The van der Waals surface area contributed by atoms with Crippen molar-refractivity contribution in [1.82, 2.24) is 0 Å². The fourth-order valence-electron chi connectivity index (χ4n) is 0. The van der Waals surface area contributed by atoms with E-state index in [9.17, 15) is 0 Å². The van der Waals surface area contributed by atoms with Gasteiger partial charge in [0.25, 0.3) is 0 Å². The van der Waals surface area contributed by atoms with Crippen molar-refractivity contribution in [3.05, 3.63) is 0 Å². The quantitative estimate of drug-likeness (QED) is 0.222. The largest absolute Gasteiger partial charge is 0 e. The van der Waals surface area contributed by atoms with Crippen molar-refractivity contribution >= 4 is 246 Å². The molecule has 0 fully saturated rings. The third kappa shape index (κ3) is 48.4. The van der Waals surface area contributed by atoms with E-state index in [2.05, 4.69) is 0 Å². The van der Waals surface area contributed by atoms with Crippen LogP contribution in [0.25, 0.3) is 0 Å². The molecule has 0 unspecified atom stereocenters. The zero-order valence-corrected chi connectivity index (χ0v) is 39.5. The van der Waals surface area contributed by atoms with E-state index in [1.807, 2.05) is 0 Å². The summed E-state index contributed by atoms with van der Waals surface area (Å²) in [6, 6.07) is 0. The molecule has 0 amide bonds. The summed E-state index contributed by atoms with van der Waals surface area (Å²) in [6.45, 7) is 0. The second kappa shape index (κ2) is 55.4. The molecule has 0 nitrogen and oxygen atoms in total. The van der Waals surface area contributed by atoms with Gasteiger partial charge in [-0.15, -0.1) is 0 Å². The van der Waals surface area contributed by atoms with Crippen molar-refractivity contribution in [1.29, 1.82) is 0 Å². The molecule has 0 aromatic heterocycles. The maximum atomic E-state index is 0. The van der Waals surface area contributed by atoms with Crippen molar-refractivity contribution in [3.63, 3.8) is 0 Å². The molecule has 36 valence electrons. The van der Waals surface area contributed by atoms with E-state index < -0.39 is 0 Å². The van der Waals surface area contributed by atoms with Gasteiger partial charge in [-0.2, -0.15) is 0 Å². The molecule has 0 bridgehead atoms. The average Bonchev–Trinajstić information content (AvgIpc) is 0. The Hall–Kier alpha value is 8.30. The fourth-order valence-corrected chi connectivity index (χ4v) is 0. The summed E-state index contributed by atoms with van der Waals surface area (Å²) in [4.78, 5) is 0. The topological polar surface area (TPSA) is 0 Å². The van der Waals surface area contributed by atoms with E-state index in [4.69, 9.17) is 0 Å². The van der Waals surface area contributed by atoms with E-state index in [0.717, 1.165) is 0 Å². The third-order valence-corrected chi connectivity index (χ3v) is 0. The van der Waals surface area contributed by atoms with Gasteiger partial charge in [0.1, 0.15) is 0 Å². The van der Waals surface area contributed by atoms with Crippen LogP contribution in [-0.2, 0) is 0 Å². The zero-order valence-electron chi connectivity index (χ0n) is 4.50. The van der Waals surface area contributed by atoms with Gasteiger partial charge >= 0.3 is 0 Å². The van der Waals surface area contributed by atoms with Crippen LogP contribution in [0, 0.1) is 0 Å². The predicted octanol–water partition coefficient (Wildman–Crippen LogP) is -3.43. The second-order valence-electron chi connectivity index (χ2n) is 0. The van der Waals surface area contributed by atoms with Crippen LogP contribution in [-0.4, -0.2) is 246 Å². The van der Waals surface area contributed by atoms with Crippen LogP contribution in [0.2, 0.25) is 0 Å². The van der Waals surface area contributed by atoms with Crippen molar-refractivity contribution in [3.8, 4) is 0 Å². The molecular weight excluding hydrogens is 1860 g/mol. The standard InChI is InChI=1S/9Pb. The van der Waals surface area contributed by atoms with Gasteiger partial charge in [-0.25, -0.2) is 0 Å². The molecule has 0 aromatic carbocycles. The second-order valence-corrected chi connectivity index (χ2v) is 0. The van der Waals surface area contributed by atoms with Crippen molar-refractivity contribution < 1.29 is 0 Å². The van der Waals surface area contributed by atoms with Crippen LogP contribution in [0.15, 0.2) is 0 Å². The maximum Gasteiger partial charge on any atom is 0 e. The Labute approximate surface area is 238 Å². The van der Waals surface area contributed by atoms with Gasteiger partial charge < -0.3 is 0 Å². The molecule has 0 saturated carbocycles. The molecule has 0 aliphatic rings. The van der Waals surface area contributed by atoms with Crippen molar-refractivity contribution in [2.24, 2.45) is 0 Å². The minimum Gasteiger partial charge on any atom is 0 e. The first-order valence-corrected chi connectivity index (χ1v) is 0. The number of hydrogen-bond donors (Lipinski definition) is 0. The molecule has 0 N–H and O–H groups in total. The zero-order chi connectivity index (χ0) is 0. The van der Waals surface area contributed by atoms with Crippen LogP contribution < -0.4 is 0 Å². The number of rotatable bonds is 0. The minimum atomic E-state index is 0. The Balaban J connectivity index is 0. The smallest absolute Gasteiger partial charge is 0 e. The van der Waals surface area contributed by atoms with Gasteiger partial charge in [-0.3, -0.25) is 0 Å². The van der Waals surface area contributed by atoms with Crippen molar-refractivity contribution in [2.45, 2.75) is 0 Å². The molecule has 0 spiro atoms. The Morgan fingerprint density at radius 3 is 0.111 bits per heavy atom. The summed E-state index contributed by atoms with van der Waals surface area (Å²) >= 11 is 0. The van der Waals surface area contributed by atoms with E-state index in [0.29, 0.717) is 0 Å². The van der Waals surface area contributed by atoms with Gasteiger partial charge in [0, 0.05) is 246 Å². The summed E-state index contributed by atoms with van der Waals surface area (Å²) in [5.41, 5.74) is 0. The molecule has 0 aromatic rings. The van der Waals surface area contributed by atoms with Gasteiger partial charge in [0.2, 0.25) is 0 Å². The SMILES string of the molecule is [Pb].[Pb].[Pb].[Pb].[Pb].[Pb].[Pb].[Pb].[Pb].